The summed E-state index contributed by atoms with van der Waals surface area (Å²) < 4.78 is 0. The maximum absolute atomic E-state index is 10.6. The molecule has 0 amide bonds. The van der Waals surface area contributed by atoms with E-state index in [-0.39, 0.29) is 10.8 Å². The minimum Gasteiger partial charge on any atom is -0.507 e. The number of phenolic OH excluding ortho intramolecular Hbond substituents is 1. The highest BCUT2D eigenvalue weighted by molar-refractivity contribution is 5.58. The lowest BCUT2D eigenvalue weighted by Crippen LogP contribution is -2.24. The number of benzene rings is 1. The lowest BCUT2D eigenvalue weighted by molar-refractivity contribution is 0.452. The highest BCUT2D eigenvalue weighted by Gasteiger charge is 2.30. The molecular formula is C19H32O. The summed E-state index contributed by atoms with van der Waals surface area (Å²) in [5.41, 5.74) is 6.37. The fourth-order valence-corrected chi connectivity index (χ4v) is 3.63. The van der Waals surface area contributed by atoms with Crippen LogP contribution in [-0.4, -0.2) is 5.11 Å². The molecule has 1 N–H and O–H groups in total. The second-order valence-electron chi connectivity index (χ2n) is 8.08. The molecule has 1 heteroatoms. The Morgan fingerprint density at radius 3 is 1.40 bits per heavy atom. The van der Waals surface area contributed by atoms with Crippen molar-refractivity contribution in [3.05, 3.63) is 27.8 Å². The smallest absolute Gasteiger partial charge is 0.121 e. The standard InChI is InChI=1S/C19H32O/c1-10-11-14-15(18(4,5)6)12(2)17(20)13(3)16(14)19(7,8)9/h20H,10-11H2,1-9H3. The molecular weight excluding hydrogens is 244 g/mol. The van der Waals surface area contributed by atoms with Crippen molar-refractivity contribution in [3.8, 4) is 5.75 Å². The zero-order valence-corrected chi connectivity index (χ0v) is 14.9. The van der Waals surface area contributed by atoms with Crippen LogP contribution >= 0.6 is 0 Å². The quantitative estimate of drug-likeness (QED) is 0.750. The van der Waals surface area contributed by atoms with Crippen LogP contribution in [0.1, 0.15) is 82.7 Å². The maximum Gasteiger partial charge on any atom is 0.121 e. The van der Waals surface area contributed by atoms with E-state index in [0.29, 0.717) is 5.75 Å². The summed E-state index contributed by atoms with van der Waals surface area (Å²) >= 11 is 0. The second kappa shape index (κ2) is 5.42. The van der Waals surface area contributed by atoms with Gasteiger partial charge in [0, 0.05) is 0 Å². The summed E-state index contributed by atoms with van der Waals surface area (Å²) in [4.78, 5) is 0. The van der Waals surface area contributed by atoms with Crippen LogP contribution in [0, 0.1) is 13.8 Å². The van der Waals surface area contributed by atoms with Gasteiger partial charge in [-0.2, -0.15) is 0 Å². The summed E-state index contributed by atoms with van der Waals surface area (Å²) in [6.07, 6.45) is 2.22. The number of hydrogen-bond donors (Lipinski definition) is 1. The molecule has 0 aliphatic heterocycles. The Morgan fingerprint density at radius 2 is 1.15 bits per heavy atom. The Hall–Kier alpha value is -0.980. The third kappa shape index (κ3) is 3.02. The van der Waals surface area contributed by atoms with Gasteiger partial charge in [-0.3, -0.25) is 0 Å². The van der Waals surface area contributed by atoms with E-state index in [0.717, 1.165) is 24.0 Å². The maximum atomic E-state index is 10.6. The predicted octanol–water partition coefficient (Wildman–Crippen LogP) is 5.56. The summed E-state index contributed by atoms with van der Waals surface area (Å²) in [6.45, 7) is 19.8. The lowest BCUT2D eigenvalue weighted by Gasteiger charge is -2.34. The molecule has 1 aromatic carbocycles. The Labute approximate surface area is 125 Å². The molecule has 0 aromatic heterocycles. The molecule has 0 heterocycles. The molecule has 0 spiro atoms. The van der Waals surface area contributed by atoms with E-state index in [1.54, 1.807) is 0 Å². The lowest BCUT2D eigenvalue weighted by atomic mass is 9.71. The van der Waals surface area contributed by atoms with Crippen molar-refractivity contribution in [1.29, 1.82) is 0 Å². The molecule has 0 fully saturated rings. The number of aromatic hydroxyl groups is 1. The molecule has 20 heavy (non-hydrogen) atoms. The first kappa shape index (κ1) is 17.1. The Kier molecular flexibility index (Phi) is 4.63. The topological polar surface area (TPSA) is 20.2 Å². The summed E-state index contributed by atoms with van der Waals surface area (Å²) in [5, 5.41) is 10.6. The molecule has 114 valence electrons. The van der Waals surface area contributed by atoms with Crippen molar-refractivity contribution in [2.24, 2.45) is 0 Å². The van der Waals surface area contributed by atoms with Gasteiger partial charge in [-0.15, -0.1) is 0 Å². The summed E-state index contributed by atoms with van der Waals surface area (Å²) in [6, 6.07) is 0. The monoisotopic (exact) mass is 276 g/mol. The van der Waals surface area contributed by atoms with Gasteiger partial charge >= 0.3 is 0 Å². The van der Waals surface area contributed by atoms with E-state index in [9.17, 15) is 5.11 Å². The average molecular weight is 276 g/mol. The molecule has 0 saturated carbocycles. The molecule has 1 rings (SSSR count). The minimum absolute atomic E-state index is 0.0553. The van der Waals surface area contributed by atoms with E-state index >= 15 is 0 Å². The molecule has 0 bridgehead atoms. The van der Waals surface area contributed by atoms with E-state index in [1.807, 2.05) is 0 Å². The highest BCUT2D eigenvalue weighted by Crippen LogP contribution is 2.43. The van der Waals surface area contributed by atoms with Crippen molar-refractivity contribution in [1.82, 2.24) is 0 Å². The fourth-order valence-electron chi connectivity index (χ4n) is 3.63. The second-order valence-corrected chi connectivity index (χ2v) is 8.08. The van der Waals surface area contributed by atoms with Gasteiger partial charge in [0.2, 0.25) is 0 Å². The fraction of sp³-hybridized carbons (Fsp3) is 0.684. The molecule has 1 aromatic rings. The largest absolute Gasteiger partial charge is 0.507 e. The Balaban J connectivity index is 3.89. The van der Waals surface area contributed by atoms with E-state index in [2.05, 4.69) is 62.3 Å². The van der Waals surface area contributed by atoms with Crippen LogP contribution in [0.25, 0.3) is 0 Å². The van der Waals surface area contributed by atoms with Gasteiger partial charge < -0.3 is 5.11 Å². The number of hydrogen-bond acceptors (Lipinski definition) is 1. The van der Waals surface area contributed by atoms with Gasteiger partial charge in [-0.1, -0.05) is 54.9 Å². The number of rotatable bonds is 2. The molecule has 0 atom stereocenters. The van der Waals surface area contributed by atoms with Crippen LogP contribution in [-0.2, 0) is 17.3 Å². The molecule has 0 radical (unpaired) electrons. The van der Waals surface area contributed by atoms with Crippen LogP contribution in [0.3, 0.4) is 0 Å². The van der Waals surface area contributed by atoms with E-state index < -0.39 is 0 Å². The molecule has 0 saturated heterocycles. The molecule has 0 unspecified atom stereocenters. The number of phenols is 1. The predicted molar refractivity (Wildman–Crippen MR) is 89.0 cm³/mol. The minimum atomic E-state index is 0.0553. The van der Waals surface area contributed by atoms with Crippen molar-refractivity contribution in [2.75, 3.05) is 0 Å². The van der Waals surface area contributed by atoms with Gasteiger partial charge in [0.05, 0.1) is 0 Å². The van der Waals surface area contributed by atoms with Gasteiger partial charge in [-0.05, 0) is 58.9 Å². The van der Waals surface area contributed by atoms with Crippen molar-refractivity contribution >= 4 is 0 Å². The summed E-state index contributed by atoms with van der Waals surface area (Å²) in [7, 11) is 0. The van der Waals surface area contributed by atoms with Crippen molar-refractivity contribution in [2.45, 2.75) is 86.0 Å². The zero-order valence-electron chi connectivity index (χ0n) is 14.9. The molecule has 1 nitrogen and oxygen atoms in total. The van der Waals surface area contributed by atoms with Crippen LogP contribution in [0.4, 0.5) is 0 Å². The summed E-state index contributed by atoms with van der Waals surface area (Å²) in [5.74, 6) is 0.486. The van der Waals surface area contributed by atoms with Gasteiger partial charge in [0.25, 0.3) is 0 Å². The Morgan fingerprint density at radius 1 is 0.800 bits per heavy atom. The van der Waals surface area contributed by atoms with Crippen LogP contribution < -0.4 is 0 Å². The third-order valence-corrected chi connectivity index (χ3v) is 4.06. The average Bonchev–Trinajstić information content (AvgIpc) is 2.22. The SMILES string of the molecule is CCCc1c(C(C)(C)C)c(C)c(O)c(C)c1C(C)(C)C. The molecule has 0 aliphatic carbocycles. The first-order chi connectivity index (χ1) is 8.92. The third-order valence-electron chi connectivity index (χ3n) is 4.06. The zero-order chi connectivity index (χ0) is 15.9. The van der Waals surface area contributed by atoms with Gasteiger partial charge in [0.1, 0.15) is 5.75 Å². The van der Waals surface area contributed by atoms with Crippen LogP contribution in [0.15, 0.2) is 0 Å². The highest BCUT2D eigenvalue weighted by atomic mass is 16.3. The van der Waals surface area contributed by atoms with Gasteiger partial charge in [-0.25, -0.2) is 0 Å². The van der Waals surface area contributed by atoms with Gasteiger partial charge in [0.15, 0.2) is 0 Å². The first-order valence-electron chi connectivity index (χ1n) is 7.78. The van der Waals surface area contributed by atoms with E-state index in [4.69, 9.17) is 0 Å². The van der Waals surface area contributed by atoms with Crippen LogP contribution in [0.2, 0.25) is 0 Å². The first-order valence-corrected chi connectivity index (χ1v) is 7.78. The Bertz CT molecular complexity index is 455. The molecule has 0 aliphatic rings. The van der Waals surface area contributed by atoms with Crippen LogP contribution in [0.5, 0.6) is 5.75 Å². The van der Waals surface area contributed by atoms with Crippen molar-refractivity contribution < 1.29 is 5.11 Å². The normalized spacial score (nSPS) is 12.8. The van der Waals surface area contributed by atoms with Crippen molar-refractivity contribution in [3.63, 3.8) is 0 Å². The van der Waals surface area contributed by atoms with E-state index in [1.165, 1.54) is 16.7 Å².